The molecule has 0 radical (unpaired) electrons. The van der Waals surface area contributed by atoms with E-state index in [4.69, 9.17) is 9.72 Å². The third kappa shape index (κ3) is 4.62. The molecule has 3 heterocycles. The Labute approximate surface area is 171 Å². The number of ether oxygens (including phenoxy) is 1. The normalized spacial score (nSPS) is 13.9. The van der Waals surface area contributed by atoms with Crippen LogP contribution in [-0.2, 0) is 0 Å². The summed E-state index contributed by atoms with van der Waals surface area (Å²) in [6.45, 7) is 6.68. The van der Waals surface area contributed by atoms with Crippen LogP contribution in [0.3, 0.4) is 0 Å². The minimum atomic E-state index is 0.533. The minimum absolute atomic E-state index is 0.533. The second kappa shape index (κ2) is 8.86. The molecule has 0 bridgehead atoms. The Kier molecular flexibility index (Phi) is 5.84. The summed E-state index contributed by atoms with van der Waals surface area (Å²) in [5.74, 6) is 2.19. The van der Waals surface area contributed by atoms with Crippen molar-refractivity contribution in [2.75, 3.05) is 29.9 Å². The van der Waals surface area contributed by atoms with Crippen molar-refractivity contribution in [3.8, 4) is 17.0 Å². The molecule has 0 atom stereocenters. The highest BCUT2D eigenvalue weighted by molar-refractivity contribution is 5.64. The van der Waals surface area contributed by atoms with E-state index in [1.165, 1.54) is 19.3 Å². The summed E-state index contributed by atoms with van der Waals surface area (Å²) < 4.78 is 5.48. The molecule has 0 unspecified atom stereocenters. The summed E-state index contributed by atoms with van der Waals surface area (Å²) >= 11 is 0. The van der Waals surface area contributed by atoms with E-state index >= 15 is 0 Å². The maximum atomic E-state index is 5.48. The molecule has 1 N–H and O–H groups in total. The first-order chi connectivity index (χ1) is 14.2. The van der Waals surface area contributed by atoms with E-state index in [0.717, 1.165) is 47.4 Å². The van der Waals surface area contributed by atoms with E-state index in [0.29, 0.717) is 12.6 Å². The fourth-order valence-electron chi connectivity index (χ4n) is 3.45. The lowest BCUT2D eigenvalue weighted by Gasteiger charge is -2.26. The van der Waals surface area contributed by atoms with Crippen LogP contribution in [0.25, 0.3) is 11.3 Å². The van der Waals surface area contributed by atoms with Gasteiger partial charge in [-0.15, -0.1) is 0 Å². The van der Waals surface area contributed by atoms with E-state index in [-0.39, 0.29) is 0 Å². The highest BCUT2D eigenvalue weighted by Gasteiger charge is 2.15. The first-order valence-corrected chi connectivity index (χ1v) is 10.1. The molecule has 7 heteroatoms. The van der Waals surface area contributed by atoms with Crippen LogP contribution in [0.5, 0.6) is 5.75 Å². The molecular weight excluding hydrogens is 364 g/mol. The first kappa shape index (κ1) is 19.1. The molecule has 2 aromatic heterocycles. The second-order valence-corrected chi connectivity index (χ2v) is 7.06. The van der Waals surface area contributed by atoms with Crippen LogP contribution in [-0.4, -0.2) is 39.6 Å². The number of benzene rings is 1. The largest absolute Gasteiger partial charge is 0.494 e. The first-order valence-electron chi connectivity index (χ1n) is 10.1. The Bertz CT molecular complexity index is 954. The molecule has 4 rings (SSSR count). The Balaban J connectivity index is 1.52. The van der Waals surface area contributed by atoms with Gasteiger partial charge in [-0.3, -0.25) is 0 Å². The smallest absolute Gasteiger partial charge is 0.227 e. The van der Waals surface area contributed by atoms with Gasteiger partial charge in [-0.05, 0) is 63.4 Å². The molecule has 7 nitrogen and oxygen atoms in total. The number of piperidine rings is 1. The third-order valence-electron chi connectivity index (χ3n) is 4.96. The summed E-state index contributed by atoms with van der Waals surface area (Å²) in [6, 6.07) is 9.63. The van der Waals surface area contributed by atoms with Crippen molar-refractivity contribution < 1.29 is 4.74 Å². The van der Waals surface area contributed by atoms with Crippen molar-refractivity contribution in [3.05, 3.63) is 48.4 Å². The fraction of sp³-hybridized carbons (Fsp3) is 0.364. The van der Waals surface area contributed by atoms with Crippen LogP contribution in [0.15, 0.2) is 42.7 Å². The zero-order valence-corrected chi connectivity index (χ0v) is 16.9. The van der Waals surface area contributed by atoms with Gasteiger partial charge in [-0.2, -0.15) is 0 Å². The Morgan fingerprint density at radius 1 is 1.00 bits per heavy atom. The lowest BCUT2D eigenvalue weighted by Crippen LogP contribution is -2.31. The van der Waals surface area contributed by atoms with E-state index in [2.05, 4.69) is 25.2 Å². The monoisotopic (exact) mass is 390 g/mol. The molecule has 1 aromatic carbocycles. The predicted octanol–water partition coefficient (Wildman–Crippen LogP) is 4.37. The number of hydrogen-bond acceptors (Lipinski definition) is 7. The van der Waals surface area contributed by atoms with E-state index in [1.807, 2.05) is 50.4 Å². The molecule has 1 aliphatic heterocycles. The van der Waals surface area contributed by atoms with E-state index < -0.39 is 0 Å². The molecule has 3 aromatic rings. The topological polar surface area (TPSA) is 76.1 Å². The molecule has 0 aliphatic carbocycles. The highest BCUT2D eigenvalue weighted by Crippen LogP contribution is 2.24. The van der Waals surface area contributed by atoms with Crippen molar-refractivity contribution in [1.29, 1.82) is 0 Å². The summed E-state index contributed by atoms with van der Waals surface area (Å²) in [4.78, 5) is 20.6. The van der Waals surface area contributed by atoms with Gasteiger partial charge in [0, 0.05) is 36.7 Å². The summed E-state index contributed by atoms with van der Waals surface area (Å²) in [5.41, 5.74) is 3.55. The third-order valence-corrected chi connectivity index (χ3v) is 4.96. The number of nitrogens with zero attached hydrogens (tertiary/aromatic N) is 5. The number of rotatable bonds is 6. The number of aromatic nitrogens is 4. The van der Waals surface area contributed by atoms with Gasteiger partial charge in [0.1, 0.15) is 5.75 Å². The lowest BCUT2D eigenvalue weighted by molar-refractivity contribution is 0.340. The Hall–Kier alpha value is -3.22. The fourth-order valence-corrected chi connectivity index (χ4v) is 3.45. The number of aryl methyl sites for hydroxylation is 1. The summed E-state index contributed by atoms with van der Waals surface area (Å²) in [6.07, 6.45) is 7.32. The lowest BCUT2D eigenvalue weighted by atomic mass is 10.1. The van der Waals surface area contributed by atoms with Crippen molar-refractivity contribution in [3.63, 3.8) is 0 Å². The molecule has 0 spiro atoms. The van der Waals surface area contributed by atoms with Gasteiger partial charge in [0.25, 0.3) is 0 Å². The predicted molar refractivity (Wildman–Crippen MR) is 115 cm³/mol. The molecule has 1 fully saturated rings. The van der Waals surface area contributed by atoms with Crippen LogP contribution in [0.4, 0.5) is 17.6 Å². The van der Waals surface area contributed by atoms with Gasteiger partial charge in [-0.25, -0.2) is 19.9 Å². The minimum Gasteiger partial charge on any atom is -0.494 e. The van der Waals surface area contributed by atoms with Gasteiger partial charge in [-0.1, -0.05) is 0 Å². The molecule has 29 heavy (non-hydrogen) atoms. The van der Waals surface area contributed by atoms with Gasteiger partial charge >= 0.3 is 0 Å². The number of nitrogens with one attached hydrogen (secondary N) is 1. The number of hydrogen-bond donors (Lipinski definition) is 1. The zero-order chi connectivity index (χ0) is 20.1. The van der Waals surface area contributed by atoms with E-state index in [9.17, 15) is 0 Å². The van der Waals surface area contributed by atoms with Gasteiger partial charge in [0.2, 0.25) is 11.9 Å². The van der Waals surface area contributed by atoms with Crippen molar-refractivity contribution in [1.82, 2.24) is 19.9 Å². The maximum absolute atomic E-state index is 5.48. The quantitative estimate of drug-likeness (QED) is 0.669. The molecule has 150 valence electrons. The standard InChI is InChI=1S/C22H26N6O/c1-3-29-18-9-7-17(8-10-18)26-21-23-12-11-20(27-21)19-15-24-22(25-16(19)2)28-13-5-4-6-14-28/h7-12,15H,3-6,13-14H2,1-2H3,(H,23,26,27). The molecule has 1 saturated heterocycles. The van der Waals surface area contributed by atoms with Crippen LogP contribution in [0.1, 0.15) is 31.9 Å². The SMILES string of the molecule is CCOc1ccc(Nc2nccc(-c3cnc(N4CCCCC4)nc3C)n2)cc1. The summed E-state index contributed by atoms with van der Waals surface area (Å²) in [5, 5.41) is 3.24. The average Bonchev–Trinajstić information content (AvgIpc) is 2.76. The second-order valence-electron chi connectivity index (χ2n) is 7.06. The highest BCUT2D eigenvalue weighted by atomic mass is 16.5. The Morgan fingerprint density at radius 2 is 1.79 bits per heavy atom. The van der Waals surface area contributed by atoms with Gasteiger partial charge in [0.15, 0.2) is 0 Å². The Morgan fingerprint density at radius 3 is 2.52 bits per heavy atom. The van der Waals surface area contributed by atoms with Crippen molar-refractivity contribution >= 4 is 17.6 Å². The molecule has 0 amide bonds. The number of anilines is 3. The van der Waals surface area contributed by atoms with E-state index in [1.54, 1.807) is 6.20 Å². The summed E-state index contributed by atoms with van der Waals surface area (Å²) in [7, 11) is 0. The van der Waals surface area contributed by atoms with Crippen LogP contribution in [0, 0.1) is 6.92 Å². The van der Waals surface area contributed by atoms with Crippen molar-refractivity contribution in [2.45, 2.75) is 33.1 Å². The van der Waals surface area contributed by atoms with Crippen LogP contribution in [0.2, 0.25) is 0 Å². The molecule has 1 aliphatic rings. The molecule has 0 saturated carbocycles. The van der Waals surface area contributed by atoms with Crippen molar-refractivity contribution in [2.24, 2.45) is 0 Å². The van der Waals surface area contributed by atoms with Crippen LogP contribution >= 0.6 is 0 Å². The maximum Gasteiger partial charge on any atom is 0.227 e. The molecular formula is C22H26N6O. The van der Waals surface area contributed by atoms with Gasteiger partial charge in [0.05, 0.1) is 18.0 Å². The van der Waals surface area contributed by atoms with Gasteiger partial charge < -0.3 is 15.0 Å². The zero-order valence-electron chi connectivity index (χ0n) is 16.9. The van der Waals surface area contributed by atoms with Crippen LogP contribution < -0.4 is 15.0 Å². The average molecular weight is 390 g/mol.